The molecule has 7 heteroatoms. The van der Waals surface area contributed by atoms with Crippen molar-refractivity contribution >= 4 is 34.8 Å². The highest BCUT2D eigenvalue weighted by Crippen LogP contribution is 2.34. The smallest absolute Gasteiger partial charge is 0.293 e. The molecule has 3 rings (SSSR count). The molecule has 1 heterocycles. The number of thioether (sulfide) groups is 1. The van der Waals surface area contributed by atoms with Crippen LogP contribution in [-0.2, 0) is 4.79 Å². The fourth-order valence-electron chi connectivity index (χ4n) is 2.77. The van der Waals surface area contributed by atoms with Gasteiger partial charge in [0.15, 0.2) is 17.3 Å². The Morgan fingerprint density at radius 1 is 1.10 bits per heavy atom. The zero-order chi connectivity index (χ0) is 21.0. The molecule has 6 nitrogen and oxygen atoms in total. The third-order valence-electron chi connectivity index (χ3n) is 4.12. The molecule has 2 aromatic rings. The van der Waals surface area contributed by atoms with Gasteiger partial charge in [-0.15, -0.1) is 0 Å². The van der Waals surface area contributed by atoms with Crippen molar-refractivity contribution in [1.82, 2.24) is 4.90 Å². The fourth-order valence-corrected chi connectivity index (χ4v) is 3.61. The number of ether oxygens (including phenoxy) is 2. The minimum atomic E-state index is -0.481. The molecule has 0 aromatic heterocycles. The van der Waals surface area contributed by atoms with Gasteiger partial charge in [0.2, 0.25) is 0 Å². The highest BCUT2D eigenvalue weighted by molar-refractivity contribution is 8.18. The molecule has 0 radical (unpaired) electrons. The predicted octanol–water partition coefficient (Wildman–Crippen LogP) is 4.40. The van der Waals surface area contributed by atoms with Crippen molar-refractivity contribution in [2.24, 2.45) is 0 Å². The number of hydrogen-bond acceptors (Lipinski definition) is 6. The van der Waals surface area contributed by atoms with E-state index in [1.807, 2.05) is 13.8 Å². The molecule has 0 N–H and O–H groups in total. The molecule has 29 heavy (non-hydrogen) atoms. The number of Topliss-reactive ketones (excluding diaryl/α,β-unsaturated/α-hetero) is 1. The first-order valence-corrected chi connectivity index (χ1v) is 9.89. The molecule has 0 bridgehead atoms. The third kappa shape index (κ3) is 4.86. The van der Waals surface area contributed by atoms with Crippen LogP contribution in [0.4, 0.5) is 4.79 Å². The summed E-state index contributed by atoms with van der Waals surface area (Å²) in [6.45, 7) is 3.55. The van der Waals surface area contributed by atoms with Crippen molar-refractivity contribution in [3.8, 4) is 11.5 Å². The second-order valence-corrected chi connectivity index (χ2v) is 7.63. The molecule has 1 aliphatic heterocycles. The summed E-state index contributed by atoms with van der Waals surface area (Å²) in [4.78, 5) is 38.5. The molecule has 1 fully saturated rings. The number of ketones is 1. The number of carbonyl (C=O) groups excluding carboxylic acids is 3. The Labute approximate surface area is 173 Å². The van der Waals surface area contributed by atoms with Crippen LogP contribution in [0.5, 0.6) is 11.5 Å². The van der Waals surface area contributed by atoms with Crippen LogP contribution in [0, 0.1) is 0 Å². The van der Waals surface area contributed by atoms with E-state index in [-0.39, 0.29) is 23.3 Å². The van der Waals surface area contributed by atoms with Crippen LogP contribution in [0.2, 0.25) is 0 Å². The van der Waals surface area contributed by atoms with E-state index in [1.54, 1.807) is 54.6 Å². The van der Waals surface area contributed by atoms with Crippen molar-refractivity contribution in [3.05, 3.63) is 64.6 Å². The number of rotatable bonds is 7. The number of amides is 2. The lowest BCUT2D eigenvalue weighted by atomic mass is 10.1. The first kappa shape index (κ1) is 20.7. The van der Waals surface area contributed by atoms with E-state index in [0.29, 0.717) is 22.6 Å². The standard InChI is InChI=1S/C22H21NO5S/c1-14(2)28-18-10-9-15(11-19(18)27-3)12-20-21(25)23(22(26)29-20)13-17(24)16-7-5-4-6-8-16/h4-12,14H,13H2,1-3H3/b20-12-. The number of benzene rings is 2. The van der Waals surface area contributed by atoms with Gasteiger partial charge in [0, 0.05) is 5.56 Å². The van der Waals surface area contributed by atoms with Gasteiger partial charge in [0.25, 0.3) is 11.1 Å². The zero-order valence-electron chi connectivity index (χ0n) is 16.4. The highest BCUT2D eigenvalue weighted by atomic mass is 32.2. The summed E-state index contributed by atoms with van der Waals surface area (Å²) < 4.78 is 11.0. The van der Waals surface area contributed by atoms with Gasteiger partial charge in [-0.25, -0.2) is 0 Å². The minimum Gasteiger partial charge on any atom is -0.493 e. The number of imide groups is 1. The van der Waals surface area contributed by atoms with Gasteiger partial charge >= 0.3 is 0 Å². The van der Waals surface area contributed by atoms with Crippen LogP contribution in [-0.4, -0.2) is 41.6 Å². The average Bonchev–Trinajstić information content (AvgIpc) is 2.96. The molecule has 1 saturated heterocycles. The summed E-state index contributed by atoms with van der Waals surface area (Å²) >= 11 is 0.816. The molecule has 2 aromatic carbocycles. The predicted molar refractivity (Wildman–Crippen MR) is 112 cm³/mol. The quantitative estimate of drug-likeness (QED) is 0.497. The SMILES string of the molecule is COc1cc(/C=C2\SC(=O)N(CC(=O)c3ccccc3)C2=O)ccc1OC(C)C. The van der Waals surface area contributed by atoms with Gasteiger partial charge in [-0.3, -0.25) is 19.3 Å². The molecule has 0 atom stereocenters. The van der Waals surface area contributed by atoms with Crippen LogP contribution < -0.4 is 9.47 Å². The van der Waals surface area contributed by atoms with Crippen molar-refractivity contribution in [1.29, 1.82) is 0 Å². The Morgan fingerprint density at radius 2 is 1.83 bits per heavy atom. The topological polar surface area (TPSA) is 72.9 Å². The summed E-state index contributed by atoms with van der Waals surface area (Å²) in [6.07, 6.45) is 1.60. The molecule has 0 spiro atoms. The van der Waals surface area contributed by atoms with Crippen molar-refractivity contribution < 1.29 is 23.9 Å². The maximum Gasteiger partial charge on any atom is 0.293 e. The number of nitrogens with zero attached hydrogens (tertiary/aromatic N) is 1. The van der Waals surface area contributed by atoms with Gasteiger partial charge in [-0.1, -0.05) is 36.4 Å². The Morgan fingerprint density at radius 3 is 2.48 bits per heavy atom. The van der Waals surface area contributed by atoms with E-state index in [9.17, 15) is 14.4 Å². The van der Waals surface area contributed by atoms with Gasteiger partial charge < -0.3 is 9.47 Å². The van der Waals surface area contributed by atoms with E-state index < -0.39 is 11.1 Å². The van der Waals surface area contributed by atoms with Crippen LogP contribution >= 0.6 is 11.8 Å². The summed E-state index contributed by atoms with van der Waals surface area (Å²) in [5.41, 5.74) is 1.15. The van der Waals surface area contributed by atoms with Gasteiger partial charge in [-0.05, 0) is 49.4 Å². The van der Waals surface area contributed by atoms with Gasteiger partial charge in [0.05, 0.1) is 24.7 Å². The summed E-state index contributed by atoms with van der Waals surface area (Å²) in [5.74, 6) is 0.365. The Balaban J connectivity index is 1.78. The molecule has 1 aliphatic rings. The zero-order valence-corrected chi connectivity index (χ0v) is 17.2. The average molecular weight is 411 g/mol. The Kier molecular flexibility index (Phi) is 6.39. The molecule has 150 valence electrons. The van der Waals surface area contributed by atoms with Gasteiger partial charge in [-0.2, -0.15) is 0 Å². The lowest BCUT2D eigenvalue weighted by Crippen LogP contribution is -2.33. The fraction of sp³-hybridized carbons (Fsp3) is 0.227. The lowest BCUT2D eigenvalue weighted by Gasteiger charge is -2.14. The van der Waals surface area contributed by atoms with E-state index >= 15 is 0 Å². The number of carbonyl (C=O) groups is 3. The van der Waals surface area contributed by atoms with E-state index in [4.69, 9.17) is 9.47 Å². The van der Waals surface area contributed by atoms with Crippen LogP contribution in [0.1, 0.15) is 29.8 Å². The van der Waals surface area contributed by atoms with E-state index in [0.717, 1.165) is 16.7 Å². The highest BCUT2D eigenvalue weighted by Gasteiger charge is 2.36. The van der Waals surface area contributed by atoms with Crippen LogP contribution in [0.15, 0.2) is 53.4 Å². The summed E-state index contributed by atoms with van der Waals surface area (Å²) in [5, 5.41) is -0.461. The van der Waals surface area contributed by atoms with Crippen LogP contribution in [0.3, 0.4) is 0 Å². The normalized spacial score (nSPS) is 15.3. The monoisotopic (exact) mass is 411 g/mol. The largest absolute Gasteiger partial charge is 0.493 e. The minimum absolute atomic E-state index is 0.00611. The lowest BCUT2D eigenvalue weighted by molar-refractivity contribution is -0.122. The second kappa shape index (κ2) is 8.96. The maximum atomic E-state index is 12.7. The Bertz CT molecular complexity index is 968. The Hall–Kier alpha value is -3.06. The third-order valence-corrected chi connectivity index (χ3v) is 5.03. The summed E-state index contributed by atoms with van der Waals surface area (Å²) in [7, 11) is 1.54. The summed E-state index contributed by atoms with van der Waals surface area (Å²) in [6, 6.07) is 13.9. The number of hydrogen-bond donors (Lipinski definition) is 0. The first-order valence-electron chi connectivity index (χ1n) is 9.07. The van der Waals surface area contributed by atoms with E-state index in [1.165, 1.54) is 7.11 Å². The molecular formula is C22H21NO5S. The first-order chi connectivity index (χ1) is 13.9. The van der Waals surface area contributed by atoms with E-state index in [2.05, 4.69) is 0 Å². The maximum absolute atomic E-state index is 12.7. The van der Waals surface area contributed by atoms with Gasteiger partial charge in [0.1, 0.15) is 0 Å². The number of methoxy groups -OCH3 is 1. The van der Waals surface area contributed by atoms with Crippen molar-refractivity contribution in [2.75, 3.05) is 13.7 Å². The molecular weight excluding hydrogens is 390 g/mol. The molecule has 0 aliphatic carbocycles. The molecule has 0 saturated carbocycles. The van der Waals surface area contributed by atoms with Crippen LogP contribution in [0.25, 0.3) is 6.08 Å². The molecule has 0 unspecified atom stereocenters. The second-order valence-electron chi connectivity index (χ2n) is 6.63. The van der Waals surface area contributed by atoms with Crippen molar-refractivity contribution in [3.63, 3.8) is 0 Å². The van der Waals surface area contributed by atoms with Crippen molar-refractivity contribution in [2.45, 2.75) is 20.0 Å². The molecule has 2 amide bonds.